The van der Waals surface area contributed by atoms with Gasteiger partial charge in [-0.1, -0.05) is 23.7 Å². The first kappa shape index (κ1) is 15.1. The maximum atomic E-state index is 6.04. The third kappa shape index (κ3) is 3.33. The molecule has 1 heterocycles. The van der Waals surface area contributed by atoms with Crippen molar-refractivity contribution in [1.82, 2.24) is 0 Å². The van der Waals surface area contributed by atoms with Crippen LogP contribution in [0.1, 0.15) is 29.5 Å². The van der Waals surface area contributed by atoms with Gasteiger partial charge >= 0.3 is 0 Å². The van der Waals surface area contributed by atoms with Crippen molar-refractivity contribution in [2.45, 2.75) is 26.7 Å². The molecule has 2 aromatic rings. The van der Waals surface area contributed by atoms with E-state index in [1.807, 2.05) is 31.3 Å². The van der Waals surface area contributed by atoms with Crippen molar-refractivity contribution in [3.05, 3.63) is 58.1 Å². The number of anilines is 1. The molecule has 1 aliphatic rings. The summed E-state index contributed by atoms with van der Waals surface area (Å²) < 4.78 is 0. The molecule has 0 amide bonds. The van der Waals surface area contributed by atoms with Crippen molar-refractivity contribution in [2.75, 3.05) is 18.0 Å². The number of aryl methyl sites for hydroxylation is 2. The van der Waals surface area contributed by atoms with Gasteiger partial charge in [-0.2, -0.15) is 0 Å². The van der Waals surface area contributed by atoms with E-state index in [1.165, 1.54) is 37.2 Å². The Morgan fingerprint density at radius 1 is 1.00 bits per heavy atom. The lowest BCUT2D eigenvalue weighted by molar-refractivity contribution is 0.949. The third-order valence-corrected chi connectivity index (χ3v) is 4.47. The molecule has 114 valence electrons. The first-order valence-corrected chi connectivity index (χ1v) is 8.17. The average molecular weight is 313 g/mol. The lowest BCUT2D eigenvalue weighted by Gasteiger charge is -2.18. The van der Waals surface area contributed by atoms with Gasteiger partial charge in [0.05, 0.1) is 5.69 Å². The zero-order chi connectivity index (χ0) is 15.5. The van der Waals surface area contributed by atoms with Gasteiger partial charge in [-0.25, -0.2) is 0 Å². The lowest BCUT2D eigenvalue weighted by Crippen LogP contribution is -2.17. The Morgan fingerprint density at radius 2 is 1.77 bits per heavy atom. The van der Waals surface area contributed by atoms with Gasteiger partial charge in [0.15, 0.2) is 0 Å². The molecule has 0 radical (unpaired) electrons. The van der Waals surface area contributed by atoms with Crippen molar-refractivity contribution in [1.29, 1.82) is 0 Å². The highest BCUT2D eigenvalue weighted by Gasteiger charge is 2.12. The maximum absolute atomic E-state index is 6.04. The van der Waals surface area contributed by atoms with Crippen LogP contribution in [-0.4, -0.2) is 19.3 Å². The highest BCUT2D eigenvalue weighted by Crippen LogP contribution is 2.25. The Labute approximate surface area is 137 Å². The molecule has 0 atom stereocenters. The minimum absolute atomic E-state index is 0.721. The molecule has 0 saturated carbocycles. The molecule has 1 fully saturated rings. The minimum Gasteiger partial charge on any atom is -0.372 e. The van der Waals surface area contributed by atoms with Crippen LogP contribution in [-0.2, 0) is 0 Å². The topological polar surface area (TPSA) is 15.6 Å². The quantitative estimate of drug-likeness (QED) is 0.701. The van der Waals surface area contributed by atoms with Crippen molar-refractivity contribution < 1.29 is 0 Å². The monoisotopic (exact) mass is 312 g/mol. The van der Waals surface area contributed by atoms with Crippen molar-refractivity contribution in [2.24, 2.45) is 4.99 Å². The summed E-state index contributed by atoms with van der Waals surface area (Å²) in [5.74, 6) is 0. The molecule has 0 spiro atoms. The van der Waals surface area contributed by atoms with Gasteiger partial charge in [-0.3, -0.25) is 4.99 Å². The molecular formula is C19H21ClN2. The first-order valence-electron chi connectivity index (χ1n) is 7.79. The number of nitrogens with zero attached hydrogens (tertiary/aromatic N) is 2. The van der Waals surface area contributed by atoms with Gasteiger partial charge in [0.2, 0.25) is 0 Å². The predicted octanol–water partition coefficient (Wildman–Crippen LogP) is 5.31. The van der Waals surface area contributed by atoms with E-state index >= 15 is 0 Å². The van der Waals surface area contributed by atoms with Gasteiger partial charge < -0.3 is 4.90 Å². The van der Waals surface area contributed by atoms with E-state index in [0.29, 0.717) is 0 Å². The Bertz CT molecular complexity index is 701. The third-order valence-electron chi connectivity index (χ3n) is 4.24. The van der Waals surface area contributed by atoms with E-state index in [4.69, 9.17) is 11.6 Å². The van der Waals surface area contributed by atoms with E-state index in [9.17, 15) is 0 Å². The molecule has 22 heavy (non-hydrogen) atoms. The van der Waals surface area contributed by atoms with Crippen LogP contribution >= 0.6 is 11.6 Å². The van der Waals surface area contributed by atoms with E-state index < -0.39 is 0 Å². The zero-order valence-electron chi connectivity index (χ0n) is 13.1. The molecule has 0 unspecified atom stereocenters. The van der Waals surface area contributed by atoms with E-state index in [2.05, 4.69) is 35.0 Å². The smallest absolute Gasteiger partial charge is 0.0673 e. The second-order valence-corrected chi connectivity index (χ2v) is 6.36. The Balaban J connectivity index is 1.83. The molecule has 2 aromatic carbocycles. The molecule has 0 aliphatic carbocycles. The number of halogens is 1. The number of hydrogen-bond donors (Lipinski definition) is 0. The summed E-state index contributed by atoms with van der Waals surface area (Å²) in [5, 5.41) is 0.721. The lowest BCUT2D eigenvalue weighted by atomic mass is 10.1. The summed E-state index contributed by atoms with van der Waals surface area (Å²) in [6.07, 6.45) is 4.54. The van der Waals surface area contributed by atoms with Gasteiger partial charge in [-0.15, -0.1) is 0 Å². The van der Waals surface area contributed by atoms with Crippen LogP contribution in [0.4, 0.5) is 11.4 Å². The van der Waals surface area contributed by atoms with Gasteiger partial charge in [0.1, 0.15) is 0 Å². The molecular weight excluding hydrogens is 292 g/mol. The van der Waals surface area contributed by atoms with Crippen LogP contribution in [0.25, 0.3) is 0 Å². The maximum Gasteiger partial charge on any atom is 0.0673 e. The highest BCUT2D eigenvalue weighted by atomic mass is 35.5. The summed E-state index contributed by atoms with van der Waals surface area (Å²) in [6, 6.07) is 12.4. The summed E-state index contributed by atoms with van der Waals surface area (Å²) in [7, 11) is 0. The fraction of sp³-hybridized carbons (Fsp3) is 0.316. The number of hydrogen-bond acceptors (Lipinski definition) is 2. The van der Waals surface area contributed by atoms with E-state index in [-0.39, 0.29) is 0 Å². The van der Waals surface area contributed by atoms with Gasteiger partial charge in [0.25, 0.3) is 0 Å². The normalized spacial score (nSPS) is 15.0. The van der Waals surface area contributed by atoms with Crippen LogP contribution in [0.15, 0.2) is 41.4 Å². The van der Waals surface area contributed by atoms with Crippen LogP contribution in [0.3, 0.4) is 0 Å². The molecule has 3 rings (SSSR count). The number of aliphatic imine (C=N–C) groups is 1. The second-order valence-electron chi connectivity index (χ2n) is 5.92. The van der Waals surface area contributed by atoms with Crippen LogP contribution in [0, 0.1) is 13.8 Å². The van der Waals surface area contributed by atoms with Gasteiger partial charge in [0, 0.05) is 30.0 Å². The van der Waals surface area contributed by atoms with Gasteiger partial charge in [-0.05, 0) is 67.6 Å². The van der Waals surface area contributed by atoms with Crippen molar-refractivity contribution in [3.8, 4) is 0 Å². The molecule has 1 aliphatic heterocycles. The molecule has 1 saturated heterocycles. The summed E-state index contributed by atoms with van der Waals surface area (Å²) in [6.45, 7) is 6.54. The van der Waals surface area contributed by atoms with Crippen LogP contribution in [0.2, 0.25) is 5.02 Å². The summed E-state index contributed by atoms with van der Waals surface area (Å²) in [5.41, 5.74) is 5.80. The fourth-order valence-electron chi connectivity index (χ4n) is 2.84. The van der Waals surface area contributed by atoms with Crippen LogP contribution in [0.5, 0.6) is 0 Å². The first-order chi connectivity index (χ1) is 10.6. The largest absolute Gasteiger partial charge is 0.372 e. The van der Waals surface area contributed by atoms with E-state index in [1.54, 1.807) is 0 Å². The molecule has 3 heteroatoms. The number of rotatable bonds is 3. The minimum atomic E-state index is 0.721. The fourth-order valence-corrected chi connectivity index (χ4v) is 3.00. The van der Waals surface area contributed by atoms with Crippen molar-refractivity contribution in [3.63, 3.8) is 0 Å². The van der Waals surface area contributed by atoms with Crippen molar-refractivity contribution >= 4 is 29.2 Å². The number of benzene rings is 2. The Morgan fingerprint density at radius 3 is 2.50 bits per heavy atom. The Hall–Kier alpha value is -1.80. The standard InChI is InChI=1S/C19H21ClN2/c1-14-5-7-17(20)12-19(14)21-13-16-6-8-18(11-15(16)2)22-9-3-4-10-22/h5-8,11-13H,3-4,9-10H2,1-2H3. The molecule has 0 bridgehead atoms. The summed E-state index contributed by atoms with van der Waals surface area (Å²) in [4.78, 5) is 7.06. The van der Waals surface area contributed by atoms with Crippen LogP contribution < -0.4 is 4.90 Å². The molecule has 0 aromatic heterocycles. The Kier molecular flexibility index (Phi) is 4.49. The zero-order valence-corrected chi connectivity index (χ0v) is 13.9. The summed E-state index contributed by atoms with van der Waals surface area (Å²) >= 11 is 6.04. The second kappa shape index (κ2) is 6.53. The highest BCUT2D eigenvalue weighted by molar-refractivity contribution is 6.30. The molecule has 2 nitrogen and oxygen atoms in total. The predicted molar refractivity (Wildman–Crippen MR) is 96.1 cm³/mol. The molecule has 0 N–H and O–H groups in total. The van der Waals surface area contributed by atoms with E-state index in [0.717, 1.165) is 21.8 Å². The average Bonchev–Trinajstić information content (AvgIpc) is 3.03. The SMILES string of the molecule is Cc1cc(N2CCCC2)ccc1C=Nc1cc(Cl)ccc1C.